The van der Waals surface area contributed by atoms with Gasteiger partial charge in [-0.1, -0.05) is 108 Å². The van der Waals surface area contributed by atoms with E-state index < -0.39 is 30.4 Å². The highest BCUT2D eigenvalue weighted by atomic mass is 16.4. The van der Waals surface area contributed by atoms with Crippen molar-refractivity contribution in [1.82, 2.24) is 0 Å². The SMILES string of the molecule is CCCCC[C@H](O)/C=C/[C@H]1[C@H](O)CC(=O)[C@@H]1C/C=C\CCCC(=O)O.CCCCC[C@H](O)/C=C/[C@H]1[C@H](O)CC(=O)[C@@H]1CCCCCCC(C)=O. The number of carbonyl (C=O) groups is 4. The van der Waals surface area contributed by atoms with Gasteiger partial charge in [-0.25, -0.2) is 0 Å². The molecule has 0 spiro atoms. The summed E-state index contributed by atoms with van der Waals surface area (Å²) in [4.78, 5) is 45.6. The molecule has 2 saturated carbocycles. The molecule has 0 bridgehead atoms. The molecule has 0 heterocycles. The summed E-state index contributed by atoms with van der Waals surface area (Å²) in [6, 6.07) is 0. The van der Waals surface area contributed by atoms with E-state index in [1.165, 1.54) is 0 Å². The average molecular weight is 705 g/mol. The summed E-state index contributed by atoms with van der Waals surface area (Å²) in [7, 11) is 0. The monoisotopic (exact) mass is 704 g/mol. The lowest BCUT2D eigenvalue weighted by atomic mass is 9.88. The molecule has 50 heavy (non-hydrogen) atoms. The van der Waals surface area contributed by atoms with E-state index in [4.69, 9.17) is 5.11 Å². The van der Waals surface area contributed by atoms with E-state index in [2.05, 4.69) is 13.8 Å². The summed E-state index contributed by atoms with van der Waals surface area (Å²) in [5, 5.41) is 48.9. The molecular weight excluding hydrogens is 636 g/mol. The fraction of sp³-hybridized carbons (Fsp3) is 0.756. The number of carboxylic acid groups (broad SMARTS) is 1. The number of unbranched alkanes of at least 4 members (excludes halogenated alkanes) is 8. The zero-order valence-corrected chi connectivity index (χ0v) is 31.1. The second-order valence-electron chi connectivity index (χ2n) is 14.4. The normalized spacial score (nSPS) is 25.1. The quantitative estimate of drug-likeness (QED) is 0.0486. The van der Waals surface area contributed by atoms with E-state index >= 15 is 0 Å². The molecule has 0 aliphatic heterocycles. The van der Waals surface area contributed by atoms with Crippen molar-refractivity contribution in [3.63, 3.8) is 0 Å². The number of aliphatic hydroxyl groups is 4. The molecule has 0 saturated heterocycles. The summed E-state index contributed by atoms with van der Waals surface area (Å²) >= 11 is 0. The number of aliphatic hydroxyl groups excluding tert-OH is 4. The lowest BCUT2D eigenvalue weighted by Gasteiger charge is -2.18. The second kappa shape index (κ2) is 27.2. The number of allylic oxidation sites excluding steroid dienone is 2. The van der Waals surface area contributed by atoms with Gasteiger partial charge < -0.3 is 30.3 Å². The van der Waals surface area contributed by atoms with E-state index in [9.17, 15) is 39.6 Å². The van der Waals surface area contributed by atoms with Crippen molar-refractivity contribution in [3.05, 3.63) is 36.5 Å². The molecule has 2 rings (SSSR count). The van der Waals surface area contributed by atoms with Crippen LogP contribution >= 0.6 is 0 Å². The van der Waals surface area contributed by atoms with Gasteiger partial charge in [0.2, 0.25) is 0 Å². The van der Waals surface area contributed by atoms with Gasteiger partial charge in [0.1, 0.15) is 17.3 Å². The Morgan fingerprint density at radius 3 is 1.74 bits per heavy atom. The third-order valence-electron chi connectivity index (χ3n) is 9.90. The maximum atomic E-state index is 12.2. The van der Waals surface area contributed by atoms with Gasteiger partial charge in [-0.15, -0.1) is 0 Å². The van der Waals surface area contributed by atoms with Gasteiger partial charge in [0.05, 0.1) is 24.4 Å². The molecule has 2 aliphatic rings. The molecule has 9 heteroatoms. The zero-order valence-electron chi connectivity index (χ0n) is 31.1. The highest BCUT2D eigenvalue weighted by Gasteiger charge is 2.40. The first-order chi connectivity index (χ1) is 23.9. The van der Waals surface area contributed by atoms with Gasteiger partial charge >= 0.3 is 5.97 Å². The standard InChI is InChI=1S/C21H36O4.C20H32O5/c1-3-4-7-11-17(23)13-14-19-18(20(24)15-21(19)25)12-9-6-5-8-10-16(2)22;1-2-3-6-9-15(21)12-13-17-16(18(22)14-19(17)23)10-7-4-5-8-11-20(24)25/h13-14,17-19,21,23,25H,3-12,15H2,1-2H3;4,7,12-13,15-17,19,21,23H,2-3,5-6,8-11,14H2,1H3,(H,24,25)/b14-13+;7-4-,13-12+/t17-,18+,19+,21+;15-,16+,17+,19+/m00/s1. The van der Waals surface area contributed by atoms with Crippen LogP contribution in [0.3, 0.4) is 0 Å². The first-order valence-electron chi connectivity index (χ1n) is 19.4. The number of ketones is 3. The van der Waals surface area contributed by atoms with Crippen LogP contribution in [-0.4, -0.2) is 73.3 Å². The Hall–Kier alpha value is -2.46. The van der Waals surface area contributed by atoms with Crippen molar-refractivity contribution in [2.75, 3.05) is 0 Å². The molecule has 0 aromatic rings. The van der Waals surface area contributed by atoms with Crippen molar-refractivity contribution < 1.29 is 44.7 Å². The van der Waals surface area contributed by atoms with Crippen molar-refractivity contribution >= 4 is 23.3 Å². The number of hydrogen-bond donors (Lipinski definition) is 5. The minimum atomic E-state index is -0.801. The van der Waals surface area contributed by atoms with E-state index in [0.717, 1.165) is 77.0 Å². The van der Waals surface area contributed by atoms with Crippen molar-refractivity contribution in [2.24, 2.45) is 23.7 Å². The molecule has 5 N–H and O–H groups in total. The Balaban J connectivity index is 0.000000500. The molecular formula is C41H68O9. The number of Topliss-reactive ketones (excluding diaryl/α,β-unsaturated/α-hetero) is 3. The first-order valence-corrected chi connectivity index (χ1v) is 19.4. The van der Waals surface area contributed by atoms with E-state index in [0.29, 0.717) is 32.1 Å². The molecule has 286 valence electrons. The molecule has 2 fully saturated rings. The minimum absolute atomic E-state index is 0.0535. The molecule has 0 aromatic heterocycles. The topological polar surface area (TPSA) is 169 Å². The predicted octanol–water partition coefficient (Wildman–Crippen LogP) is 7.23. The van der Waals surface area contributed by atoms with Crippen molar-refractivity contribution in [1.29, 1.82) is 0 Å². The predicted molar refractivity (Wildman–Crippen MR) is 197 cm³/mol. The van der Waals surface area contributed by atoms with Crippen LogP contribution < -0.4 is 0 Å². The fourth-order valence-corrected chi connectivity index (χ4v) is 6.86. The fourth-order valence-electron chi connectivity index (χ4n) is 6.86. The Morgan fingerprint density at radius 1 is 0.700 bits per heavy atom. The highest BCUT2D eigenvalue weighted by molar-refractivity contribution is 5.85. The Bertz CT molecular complexity index is 1060. The number of hydrogen-bond acceptors (Lipinski definition) is 8. The van der Waals surface area contributed by atoms with Crippen LogP contribution in [0.15, 0.2) is 36.5 Å². The molecule has 9 nitrogen and oxygen atoms in total. The summed E-state index contributed by atoms with van der Waals surface area (Å²) in [6.45, 7) is 5.86. The van der Waals surface area contributed by atoms with Crippen LogP contribution in [0.5, 0.6) is 0 Å². The summed E-state index contributed by atoms with van der Waals surface area (Å²) in [6.07, 6.45) is 24.2. The Labute approximate surface area is 301 Å². The molecule has 8 atom stereocenters. The maximum absolute atomic E-state index is 12.2. The lowest BCUT2D eigenvalue weighted by Crippen LogP contribution is -2.19. The largest absolute Gasteiger partial charge is 0.481 e. The first kappa shape index (κ1) is 45.6. The third kappa shape index (κ3) is 19.8. The smallest absolute Gasteiger partial charge is 0.303 e. The molecule has 0 amide bonds. The number of carboxylic acids is 1. The molecule has 0 aromatic carbocycles. The molecule has 0 unspecified atom stereocenters. The van der Waals surface area contributed by atoms with Gasteiger partial charge in [-0.2, -0.15) is 0 Å². The third-order valence-corrected chi connectivity index (χ3v) is 9.90. The van der Waals surface area contributed by atoms with Crippen molar-refractivity contribution in [2.45, 2.75) is 174 Å². The van der Waals surface area contributed by atoms with E-state index in [1.807, 2.05) is 18.2 Å². The van der Waals surface area contributed by atoms with Crippen molar-refractivity contribution in [3.8, 4) is 0 Å². The van der Waals surface area contributed by atoms with Gasteiger partial charge in [0, 0.05) is 49.4 Å². The van der Waals surface area contributed by atoms with E-state index in [-0.39, 0.29) is 60.3 Å². The molecule has 2 aliphatic carbocycles. The summed E-state index contributed by atoms with van der Waals surface area (Å²) in [5.41, 5.74) is 0. The summed E-state index contributed by atoms with van der Waals surface area (Å²) in [5.74, 6) is -1.17. The van der Waals surface area contributed by atoms with Gasteiger partial charge in [-0.3, -0.25) is 14.4 Å². The zero-order chi connectivity index (χ0) is 37.3. The van der Waals surface area contributed by atoms with Crippen LogP contribution in [0, 0.1) is 23.7 Å². The van der Waals surface area contributed by atoms with Crippen LogP contribution in [0.4, 0.5) is 0 Å². The van der Waals surface area contributed by atoms with Gasteiger partial charge in [-0.05, 0) is 51.9 Å². The minimum Gasteiger partial charge on any atom is -0.481 e. The average Bonchev–Trinajstić information content (AvgIpc) is 3.49. The van der Waals surface area contributed by atoms with Crippen LogP contribution in [-0.2, 0) is 19.2 Å². The lowest BCUT2D eigenvalue weighted by molar-refractivity contribution is -0.137. The maximum Gasteiger partial charge on any atom is 0.303 e. The number of rotatable bonds is 25. The number of carbonyl (C=O) groups excluding carboxylic acids is 3. The second-order valence-corrected chi connectivity index (χ2v) is 14.4. The Kier molecular flexibility index (Phi) is 24.8. The van der Waals surface area contributed by atoms with E-state index in [1.54, 1.807) is 25.2 Å². The molecule has 0 radical (unpaired) electrons. The van der Waals surface area contributed by atoms with Crippen LogP contribution in [0.2, 0.25) is 0 Å². The van der Waals surface area contributed by atoms with Crippen LogP contribution in [0.25, 0.3) is 0 Å². The van der Waals surface area contributed by atoms with Crippen LogP contribution in [0.1, 0.15) is 149 Å². The van der Waals surface area contributed by atoms with Gasteiger partial charge in [0.25, 0.3) is 0 Å². The number of aliphatic carboxylic acids is 1. The highest BCUT2D eigenvalue weighted by Crippen LogP contribution is 2.35. The Morgan fingerprint density at radius 2 is 1.22 bits per heavy atom. The summed E-state index contributed by atoms with van der Waals surface area (Å²) < 4.78 is 0. The van der Waals surface area contributed by atoms with Gasteiger partial charge in [0.15, 0.2) is 0 Å².